The Morgan fingerprint density at radius 3 is 2.00 bits per heavy atom. The summed E-state index contributed by atoms with van der Waals surface area (Å²) in [5, 5.41) is 28.4. The minimum atomic E-state index is -1.47. The van der Waals surface area contributed by atoms with Gasteiger partial charge in [0.15, 0.2) is 29.2 Å². The van der Waals surface area contributed by atoms with Gasteiger partial charge < -0.3 is 75.2 Å². The first-order chi connectivity index (χ1) is 46.7. The van der Waals surface area contributed by atoms with Gasteiger partial charge in [-0.2, -0.15) is 0 Å². The Labute approximate surface area is 561 Å². The molecular weight excluding hydrogens is 1250 g/mol. The summed E-state index contributed by atoms with van der Waals surface area (Å²) >= 11 is 0. The number of benzene rings is 4. The van der Waals surface area contributed by atoms with Crippen LogP contribution in [0.3, 0.4) is 0 Å². The molecule has 516 valence electrons. The van der Waals surface area contributed by atoms with E-state index >= 15 is 0 Å². The Kier molecular flexibility index (Phi) is 22.4. The van der Waals surface area contributed by atoms with Crippen molar-refractivity contribution >= 4 is 81.9 Å². The summed E-state index contributed by atoms with van der Waals surface area (Å²) in [6.07, 6.45) is 8.56. The number of imide groups is 1. The standard InChI is InChI=1S/C70H84N10O17/c1-41(2)63(76-60(83)37-73-59(82)36-72-58(81)13-9-7-10-26-77-61(84)22-23-62(77)85)65(87)74-42(3)64(86)75-46-18-14-43(15-19-46)39-97-69(91)80-52-33-57(55(94-6)31-50(52)67(89)79-40-70(24-25-70)34-53(79)68(80)90)96-28-12-8-11-27-95-56-32-51-49(30-54(56)93-5)66(88)78-38-45(29-47(78)35-71-51)44-16-20-48(92-4)21-17-44/h14-23,30-33,38,41-42,47,53,63,68,71,90H,7-13,24-29,34-37,39-40H2,1-6H3,(H,72,81)(H,73,82)(H,74,87)(H,75,86)(H,76,83)/t42-,47-,53-,63-,68?/m0/s1. The minimum Gasteiger partial charge on any atom is -0.497 e. The van der Waals surface area contributed by atoms with Crippen LogP contribution in [0.25, 0.3) is 5.57 Å². The zero-order valence-electron chi connectivity index (χ0n) is 55.3. The highest BCUT2D eigenvalue weighted by Gasteiger charge is 2.58. The molecule has 5 atom stereocenters. The second-order valence-corrected chi connectivity index (χ2v) is 25.4. The number of hydrogen-bond donors (Lipinski definition) is 7. The number of amides is 10. The number of aliphatic hydroxyl groups is 1. The second kappa shape index (κ2) is 31.1. The fraction of sp³-hybridized carbons (Fsp3) is 0.457. The van der Waals surface area contributed by atoms with Crippen LogP contribution in [-0.4, -0.2) is 177 Å². The summed E-state index contributed by atoms with van der Waals surface area (Å²) in [6, 6.07) is 17.8. The molecule has 5 heterocycles. The number of nitrogens with one attached hydrogen (secondary N) is 6. The molecule has 1 saturated carbocycles. The van der Waals surface area contributed by atoms with E-state index in [4.69, 9.17) is 28.4 Å². The van der Waals surface area contributed by atoms with Crippen molar-refractivity contribution in [2.45, 2.75) is 128 Å². The molecule has 97 heavy (non-hydrogen) atoms. The molecule has 10 rings (SSSR count). The molecule has 0 aromatic heterocycles. The number of hydrogen-bond acceptors (Lipinski definition) is 18. The van der Waals surface area contributed by atoms with Gasteiger partial charge >= 0.3 is 6.09 Å². The van der Waals surface area contributed by atoms with Gasteiger partial charge in [0.1, 0.15) is 24.4 Å². The molecule has 10 amide bonds. The smallest absolute Gasteiger partial charge is 0.416 e. The van der Waals surface area contributed by atoms with Crippen LogP contribution in [0.5, 0.6) is 28.7 Å². The molecule has 1 aliphatic carbocycles. The number of ether oxygens (including phenoxy) is 6. The van der Waals surface area contributed by atoms with Crippen molar-refractivity contribution in [3.8, 4) is 28.7 Å². The zero-order chi connectivity index (χ0) is 69.1. The number of rotatable bonds is 30. The first-order valence-corrected chi connectivity index (χ1v) is 32.8. The Balaban J connectivity index is 0.680. The highest BCUT2D eigenvalue weighted by molar-refractivity contribution is 6.13. The number of carbonyl (C=O) groups is 10. The lowest BCUT2D eigenvalue weighted by Gasteiger charge is -2.31. The van der Waals surface area contributed by atoms with E-state index in [0.29, 0.717) is 105 Å². The van der Waals surface area contributed by atoms with Crippen molar-refractivity contribution in [3.63, 3.8) is 0 Å². The van der Waals surface area contributed by atoms with Crippen LogP contribution < -0.4 is 60.5 Å². The molecule has 5 aliphatic heterocycles. The van der Waals surface area contributed by atoms with Crippen molar-refractivity contribution in [2.24, 2.45) is 11.3 Å². The van der Waals surface area contributed by atoms with Crippen LogP contribution >= 0.6 is 0 Å². The molecule has 4 aromatic rings. The van der Waals surface area contributed by atoms with Crippen molar-refractivity contribution in [2.75, 3.05) is 82.8 Å². The third-order valence-corrected chi connectivity index (χ3v) is 18.2. The zero-order valence-corrected chi connectivity index (χ0v) is 55.3. The third kappa shape index (κ3) is 16.7. The van der Waals surface area contributed by atoms with Gasteiger partial charge in [-0.25, -0.2) is 9.69 Å². The maximum atomic E-state index is 14.5. The minimum absolute atomic E-state index is 0.0747. The summed E-state index contributed by atoms with van der Waals surface area (Å²) < 4.78 is 35.2. The number of nitrogens with zero attached hydrogens (tertiary/aromatic N) is 4. The quantitative estimate of drug-likeness (QED) is 0.0240. The topological polar surface area (TPSA) is 331 Å². The van der Waals surface area contributed by atoms with Crippen LogP contribution in [0.4, 0.5) is 21.9 Å². The van der Waals surface area contributed by atoms with Crippen molar-refractivity contribution in [3.05, 3.63) is 113 Å². The summed E-state index contributed by atoms with van der Waals surface area (Å²) in [5.74, 6) is -2.40. The number of anilines is 3. The maximum Gasteiger partial charge on any atom is 0.416 e. The van der Waals surface area contributed by atoms with E-state index in [9.17, 15) is 53.1 Å². The van der Waals surface area contributed by atoms with E-state index < -0.39 is 66.5 Å². The lowest BCUT2D eigenvalue weighted by atomic mass is 10.0. The molecular formula is C70H84N10O17. The van der Waals surface area contributed by atoms with E-state index in [1.165, 1.54) is 45.4 Å². The first kappa shape index (κ1) is 69.6. The molecule has 1 spiro atoms. The molecule has 1 saturated heterocycles. The van der Waals surface area contributed by atoms with E-state index in [0.717, 1.165) is 39.5 Å². The van der Waals surface area contributed by atoms with E-state index in [-0.39, 0.29) is 96.5 Å². The van der Waals surface area contributed by atoms with E-state index in [1.807, 2.05) is 36.5 Å². The number of methoxy groups -OCH3 is 3. The van der Waals surface area contributed by atoms with Gasteiger partial charge in [-0.15, -0.1) is 0 Å². The highest BCUT2D eigenvalue weighted by atomic mass is 16.6. The fourth-order valence-electron chi connectivity index (χ4n) is 12.5. The Hall–Kier alpha value is -10.2. The number of aliphatic hydroxyl groups excluding tert-OH is 1. The molecule has 27 nitrogen and oxygen atoms in total. The molecule has 7 N–H and O–H groups in total. The van der Waals surface area contributed by atoms with Crippen LogP contribution in [0.15, 0.2) is 91.1 Å². The lowest BCUT2D eigenvalue weighted by molar-refractivity contribution is -0.137. The predicted octanol–water partition coefficient (Wildman–Crippen LogP) is 5.79. The van der Waals surface area contributed by atoms with Gasteiger partial charge in [0.25, 0.3) is 23.6 Å². The number of fused-ring (bicyclic) bond motifs is 4. The maximum absolute atomic E-state index is 14.5. The summed E-state index contributed by atoms with van der Waals surface area (Å²) in [7, 11) is 4.62. The molecule has 4 aromatic carbocycles. The van der Waals surface area contributed by atoms with Gasteiger partial charge in [-0.1, -0.05) is 44.5 Å². The number of unbranched alkanes of at least 4 members (excludes halogenated alkanes) is 4. The van der Waals surface area contributed by atoms with Crippen molar-refractivity contribution < 1.29 is 81.5 Å². The van der Waals surface area contributed by atoms with Gasteiger partial charge in [0, 0.05) is 62.2 Å². The second-order valence-electron chi connectivity index (χ2n) is 25.4. The Bertz CT molecular complexity index is 3700. The molecule has 2 fully saturated rings. The van der Waals surface area contributed by atoms with Gasteiger partial charge in [0.2, 0.25) is 29.5 Å². The predicted molar refractivity (Wildman–Crippen MR) is 354 cm³/mol. The van der Waals surface area contributed by atoms with E-state index in [1.54, 1.807) is 61.1 Å². The molecule has 0 radical (unpaired) electrons. The monoisotopic (exact) mass is 1340 g/mol. The van der Waals surface area contributed by atoms with Gasteiger partial charge in [0.05, 0.1) is 82.2 Å². The summed E-state index contributed by atoms with van der Waals surface area (Å²) in [5.41, 5.74) is 4.19. The van der Waals surface area contributed by atoms with Crippen molar-refractivity contribution in [1.82, 2.24) is 36.0 Å². The van der Waals surface area contributed by atoms with Gasteiger partial charge in [-0.3, -0.25) is 48.1 Å². The SMILES string of the molecule is COc1ccc(C2=CN3C(=O)c4cc(OC)c(OCCCCCOc5cc6c(cc5OC)C(=O)N5CC7(CC7)C[C@H]5C(O)N6C(=O)OCc5ccc(NC(=O)[C@H](C)NC(=O)[C@@H](NC(=O)CNC(=O)CNC(=O)CCCCCN6C(=O)C=CC6=O)C(C)C)cc5)cc4NC[C@@H]3C2)cc1. The normalized spacial score (nSPS) is 18.5. The van der Waals surface area contributed by atoms with Crippen molar-refractivity contribution in [1.29, 1.82) is 0 Å². The third-order valence-electron chi connectivity index (χ3n) is 18.2. The largest absolute Gasteiger partial charge is 0.497 e. The van der Waals surface area contributed by atoms with E-state index in [2.05, 4.69) is 31.9 Å². The molecule has 1 unspecified atom stereocenters. The first-order valence-electron chi connectivity index (χ1n) is 32.8. The molecule has 27 heteroatoms. The summed E-state index contributed by atoms with van der Waals surface area (Å²) in [6.45, 7) is 5.52. The highest BCUT2D eigenvalue weighted by Crippen LogP contribution is 2.57. The van der Waals surface area contributed by atoms with Crippen LogP contribution in [0, 0.1) is 11.3 Å². The summed E-state index contributed by atoms with van der Waals surface area (Å²) in [4.78, 5) is 136. The van der Waals surface area contributed by atoms with Crippen LogP contribution in [0.1, 0.15) is 123 Å². The fourth-order valence-corrected chi connectivity index (χ4v) is 12.5. The molecule has 6 aliphatic rings. The Morgan fingerprint density at radius 2 is 1.34 bits per heavy atom. The Morgan fingerprint density at radius 1 is 0.691 bits per heavy atom. The average Bonchev–Trinajstić information content (AvgIpc) is 1.56. The lowest BCUT2D eigenvalue weighted by Crippen LogP contribution is -2.55. The average molecular weight is 1340 g/mol. The molecule has 0 bridgehead atoms. The van der Waals surface area contributed by atoms with Crippen LogP contribution in [0.2, 0.25) is 0 Å². The van der Waals surface area contributed by atoms with Crippen LogP contribution in [-0.2, 0) is 44.9 Å². The van der Waals surface area contributed by atoms with Gasteiger partial charge in [-0.05, 0) is 129 Å². The number of carbonyl (C=O) groups excluding carboxylic acids is 10.